The summed E-state index contributed by atoms with van der Waals surface area (Å²) in [6.07, 6.45) is 0. The fourth-order valence-electron chi connectivity index (χ4n) is 8.32. The Balaban J connectivity index is 0.925. The second-order valence-electron chi connectivity index (χ2n) is 14.4. The molecule has 0 amide bonds. The van der Waals surface area contributed by atoms with E-state index in [0.717, 1.165) is 77.4 Å². The van der Waals surface area contributed by atoms with Gasteiger partial charge in [-0.05, 0) is 71.8 Å². The number of aromatic nitrogens is 4. The molecule has 0 saturated carbocycles. The minimum atomic E-state index is 0.591. The van der Waals surface area contributed by atoms with Gasteiger partial charge in [-0.1, -0.05) is 115 Å². The molecule has 0 saturated heterocycles. The van der Waals surface area contributed by atoms with Gasteiger partial charge >= 0.3 is 0 Å². The molecule has 57 heavy (non-hydrogen) atoms. The van der Waals surface area contributed by atoms with E-state index in [9.17, 15) is 0 Å². The molecule has 4 heterocycles. The molecule has 0 atom stereocenters. The van der Waals surface area contributed by atoms with Gasteiger partial charge in [-0.3, -0.25) is 0 Å². The van der Waals surface area contributed by atoms with Crippen LogP contribution in [0.25, 0.3) is 117 Å². The summed E-state index contributed by atoms with van der Waals surface area (Å²) in [5.41, 5.74) is 11.7. The van der Waals surface area contributed by atoms with E-state index in [0.29, 0.717) is 17.5 Å². The summed E-state index contributed by atoms with van der Waals surface area (Å²) < 4.78 is 15.3. The Morgan fingerprint density at radius 3 is 1.32 bits per heavy atom. The van der Waals surface area contributed by atoms with Gasteiger partial charge in [-0.2, -0.15) is 0 Å². The summed E-state index contributed by atoms with van der Waals surface area (Å²) in [4.78, 5) is 14.7. The lowest BCUT2D eigenvalue weighted by atomic mass is 10.0. The smallest absolute Gasteiger partial charge is 0.164 e. The normalized spacial score (nSPS) is 11.9. The number of benzene rings is 8. The number of fused-ring (bicyclic) bond motifs is 9. The van der Waals surface area contributed by atoms with Gasteiger partial charge in [0, 0.05) is 60.8 Å². The molecule has 266 valence electrons. The zero-order chi connectivity index (χ0) is 37.5. The average molecular weight is 731 g/mol. The van der Waals surface area contributed by atoms with Crippen molar-refractivity contribution in [2.45, 2.75) is 0 Å². The van der Waals surface area contributed by atoms with Crippen LogP contribution in [-0.4, -0.2) is 19.5 Å². The highest BCUT2D eigenvalue weighted by molar-refractivity contribution is 6.11. The Hall–Kier alpha value is -7.83. The highest BCUT2D eigenvalue weighted by Crippen LogP contribution is 2.39. The number of para-hydroxylation sites is 2. The van der Waals surface area contributed by atoms with Crippen molar-refractivity contribution in [3.63, 3.8) is 0 Å². The van der Waals surface area contributed by atoms with Gasteiger partial charge in [0.15, 0.2) is 17.5 Å². The molecule has 8 aromatic carbocycles. The van der Waals surface area contributed by atoms with Crippen LogP contribution >= 0.6 is 0 Å². The predicted molar refractivity (Wildman–Crippen MR) is 230 cm³/mol. The quantitative estimate of drug-likeness (QED) is 0.176. The van der Waals surface area contributed by atoms with Crippen molar-refractivity contribution in [2.75, 3.05) is 0 Å². The maximum Gasteiger partial charge on any atom is 0.164 e. The van der Waals surface area contributed by atoms with Gasteiger partial charge in [0.25, 0.3) is 0 Å². The zero-order valence-electron chi connectivity index (χ0n) is 30.4. The van der Waals surface area contributed by atoms with E-state index in [1.54, 1.807) is 0 Å². The number of furan rings is 2. The number of rotatable bonds is 5. The van der Waals surface area contributed by atoms with Crippen molar-refractivity contribution in [3.8, 4) is 51.0 Å². The van der Waals surface area contributed by atoms with Crippen LogP contribution in [0.1, 0.15) is 0 Å². The van der Waals surface area contributed by atoms with Crippen LogP contribution in [0.3, 0.4) is 0 Å². The van der Waals surface area contributed by atoms with Crippen LogP contribution in [0, 0.1) is 0 Å². The number of hydrogen-bond acceptors (Lipinski definition) is 5. The van der Waals surface area contributed by atoms with E-state index in [1.807, 2.05) is 66.7 Å². The van der Waals surface area contributed by atoms with Crippen LogP contribution in [0.4, 0.5) is 0 Å². The predicted octanol–water partition coefficient (Wildman–Crippen LogP) is 13.4. The number of nitrogens with zero attached hydrogens (tertiary/aromatic N) is 4. The van der Waals surface area contributed by atoms with Gasteiger partial charge in [0.2, 0.25) is 0 Å². The Bertz CT molecular complexity index is 3410. The van der Waals surface area contributed by atoms with Crippen molar-refractivity contribution >= 4 is 65.7 Å². The summed E-state index contributed by atoms with van der Waals surface area (Å²) in [5, 5.41) is 6.73. The molecule has 0 bridgehead atoms. The second kappa shape index (κ2) is 12.3. The van der Waals surface area contributed by atoms with Gasteiger partial charge in [-0.15, -0.1) is 0 Å². The fraction of sp³-hybridized carbons (Fsp3) is 0. The van der Waals surface area contributed by atoms with E-state index in [2.05, 4.69) is 120 Å². The third-order valence-electron chi connectivity index (χ3n) is 11.1. The molecule has 0 spiro atoms. The van der Waals surface area contributed by atoms with Crippen LogP contribution in [0.2, 0.25) is 0 Å². The fourth-order valence-corrected chi connectivity index (χ4v) is 8.32. The zero-order valence-corrected chi connectivity index (χ0v) is 30.4. The summed E-state index contributed by atoms with van der Waals surface area (Å²) in [5.74, 6) is 1.84. The van der Waals surface area contributed by atoms with Crippen LogP contribution in [0.15, 0.2) is 191 Å². The maximum atomic E-state index is 6.49. The van der Waals surface area contributed by atoms with Crippen molar-refractivity contribution < 1.29 is 8.83 Å². The van der Waals surface area contributed by atoms with Crippen molar-refractivity contribution in [3.05, 3.63) is 182 Å². The Morgan fingerprint density at radius 2 is 0.754 bits per heavy atom. The van der Waals surface area contributed by atoms with Gasteiger partial charge in [-0.25, -0.2) is 15.0 Å². The summed E-state index contributed by atoms with van der Waals surface area (Å²) >= 11 is 0. The van der Waals surface area contributed by atoms with Gasteiger partial charge in [0.05, 0.1) is 11.0 Å². The van der Waals surface area contributed by atoms with Crippen LogP contribution in [0.5, 0.6) is 0 Å². The second-order valence-corrected chi connectivity index (χ2v) is 14.4. The first kappa shape index (κ1) is 31.5. The largest absolute Gasteiger partial charge is 0.456 e. The SMILES string of the molecule is c1ccc(-c2nc(-c3ccccc3)nc(-c3ccc4c(c3)oc3ccc(-c5ccc6oc7cc(-n8c9ccccc9c9ccccc98)ccc7c6c5)cc34)n2)cc1. The Kier molecular flexibility index (Phi) is 6.83. The lowest BCUT2D eigenvalue weighted by Gasteiger charge is -2.08. The lowest BCUT2D eigenvalue weighted by molar-refractivity contribution is 0.668. The molecule has 0 aliphatic heterocycles. The van der Waals surface area contributed by atoms with Crippen LogP contribution in [-0.2, 0) is 0 Å². The third-order valence-corrected chi connectivity index (χ3v) is 11.1. The average Bonchev–Trinajstić information content (AvgIpc) is 3.95. The molecule has 12 rings (SSSR count). The summed E-state index contributed by atoms with van der Waals surface area (Å²) in [6, 6.07) is 62.8. The standard InChI is InChI=1S/C51H30N4O2/c1-3-11-31(12-4-1)49-52-50(32-13-5-2-6-14-32)54-51(53-49)35-19-23-39-41-27-33(20-25-45(41)56-47(39)29-35)34-21-26-46-42(28-34)40-24-22-36(30-48(40)57-46)55-43-17-9-7-15-37(43)38-16-8-10-18-44(38)55/h1-30H. The summed E-state index contributed by atoms with van der Waals surface area (Å²) in [7, 11) is 0. The first-order valence-electron chi connectivity index (χ1n) is 19.0. The van der Waals surface area contributed by atoms with Crippen LogP contribution < -0.4 is 0 Å². The molecular weight excluding hydrogens is 701 g/mol. The van der Waals surface area contributed by atoms with E-state index in [-0.39, 0.29) is 0 Å². The third kappa shape index (κ3) is 5.08. The Morgan fingerprint density at radius 1 is 0.298 bits per heavy atom. The van der Waals surface area contributed by atoms with E-state index >= 15 is 0 Å². The molecule has 12 aromatic rings. The molecule has 0 unspecified atom stereocenters. The summed E-state index contributed by atoms with van der Waals surface area (Å²) in [6.45, 7) is 0. The maximum absolute atomic E-state index is 6.49. The molecule has 0 radical (unpaired) electrons. The highest BCUT2D eigenvalue weighted by atomic mass is 16.3. The topological polar surface area (TPSA) is 69.9 Å². The van der Waals surface area contributed by atoms with E-state index in [4.69, 9.17) is 23.8 Å². The first-order valence-corrected chi connectivity index (χ1v) is 19.0. The minimum Gasteiger partial charge on any atom is -0.456 e. The highest BCUT2D eigenvalue weighted by Gasteiger charge is 2.17. The molecule has 0 aliphatic carbocycles. The molecule has 6 nitrogen and oxygen atoms in total. The van der Waals surface area contributed by atoms with E-state index in [1.165, 1.54) is 21.8 Å². The molecule has 0 N–H and O–H groups in total. The molecule has 0 fully saturated rings. The van der Waals surface area contributed by atoms with Crippen molar-refractivity contribution in [2.24, 2.45) is 0 Å². The van der Waals surface area contributed by atoms with Crippen molar-refractivity contribution in [1.29, 1.82) is 0 Å². The monoisotopic (exact) mass is 730 g/mol. The van der Waals surface area contributed by atoms with Gasteiger partial charge < -0.3 is 13.4 Å². The molecule has 6 heteroatoms. The Labute approximate surface area is 325 Å². The molecular formula is C51H30N4O2. The van der Waals surface area contributed by atoms with E-state index < -0.39 is 0 Å². The van der Waals surface area contributed by atoms with Crippen molar-refractivity contribution in [1.82, 2.24) is 19.5 Å². The number of hydrogen-bond donors (Lipinski definition) is 0. The van der Waals surface area contributed by atoms with Gasteiger partial charge in [0.1, 0.15) is 22.3 Å². The first-order chi connectivity index (χ1) is 28.2. The minimum absolute atomic E-state index is 0.591. The lowest BCUT2D eigenvalue weighted by Crippen LogP contribution is -2.00. The molecule has 4 aromatic heterocycles. The molecule has 0 aliphatic rings.